The van der Waals surface area contributed by atoms with Gasteiger partial charge < -0.3 is 15.6 Å². The Kier molecular flexibility index (Phi) is 7.30. The Balaban J connectivity index is 1.62. The van der Waals surface area contributed by atoms with E-state index in [1.54, 1.807) is 0 Å². The van der Waals surface area contributed by atoms with E-state index in [4.69, 9.17) is 5.73 Å². The third-order valence-electron chi connectivity index (χ3n) is 4.97. The highest BCUT2D eigenvalue weighted by Crippen LogP contribution is 2.29. The van der Waals surface area contributed by atoms with Crippen LogP contribution in [-0.4, -0.2) is 32.3 Å². The minimum Gasteiger partial charge on any atom is -0.370 e. The zero-order valence-electron chi connectivity index (χ0n) is 17.1. The van der Waals surface area contributed by atoms with Crippen molar-refractivity contribution in [2.24, 2.45) is 11.7 Å². The number of rotatable bonds is 9. The highest BCUT2D eigenvalue weighted by atomic mass is 32.2. The van der Waals surface area contributed by atoms with Crippen molar-refractivity contribution in [3.63, 3.8) is 0 Å². The summed E-state index contributed by atoms with van der Waals surface area (Å²) in [5.74, 6) is 1.05. The minimum atomic E-state index is -0.356. The predicted octanol–water partition coefficient (Wildman–Crippen LogP) is 2.64. The summed E-state index contributed by atoms with van der Waals surface area (Å²) < 4.78 is 2.00. The van der Waals surface area contributed by atoms with Crippen LogP contribution < -0.4 is 11.1 Å². The molecule has 156 valence electrons. The molecule has 1 heterocycles. The molecule has 1 aromatic carbocycles. The lowest BCUT2D eigenvalue weighted by molar-refractivity contribution is -0.119. The second-order valence-electron chi connectivity index (χ2n) is 7.87. The first kappa shape index (κ1) is 21.4. The summed E-state index contributed by atoms with van der Waals surface area (Å²) >= 11 is 1.38. The third kappa shape index (κ3) is 5.82. The van der Waals surface area contributed by atoms with Crippen LogP contribution in [0.2, 0.25) is 0 Å². The quantitative estimate of drug-likeness (QED) is 0.613. The molecular formula is C21H29N5O2S. The Bertz CT molecular complexity index is 865. The second kappa shape index (κ2) is 9.91. The Labute approximate surface area is 175 Å². The average molecular weight is 416 g/mol. The molecule has 0 saturated heterocycles. The monoisotopic (exact) mass is 415 g/mol. The number of aryl methyl sites for hydroxylation is 2. The first-order chi connectivity index (χ1) is 13.9. The zero-order chi connectivity index (χ0) is 20.8. The molecule has 0 unspecified atom stereocenters. The average Bonchev–Trinajstić information content (AvgIpc) is 3.06. The number of nitrogens with zero attached hydrogens (tertiary/aromatic N) is 3. The lowest BCUT2D eigenvalue weighted by atomic mass is 9.88. The van der Waals surface area contributed by atoms with Crippen LogP contribution in [0.1, 0.15) is 56.1 Å². The van der Waals surface area contributed by atoms with Gasteiger partial charge in [-0.15, -0.1) is 10.2 Å². The summed E-state index contributed by atoms with van der Waals surface area (Å²) in [5, 5.41) is 12.3. The summed E-state index contributed by atoms with van der Waals surface area (Å²) in [5.41, 5.74) is 7.82. The van der Waals surface area contributed by atoms with E-state index in [9.17, 15) is 9.59 Å². The second-order valence-corrected chi connectivity index (χ2v) is 8.81. The molecule has 7 nitrogen and oxygen atoms in total. The van der Waals surface area contributed by atoms with Gasteiger partial charge in [0.1, 0.15) is 5.82 Å². The van der Waals surface area contributed by atoms with Gasteiger partial charge in [0.25, 0.3) is 0 Å². The minimum absolute atomic E-state index is 0.00511. The van der Waals surface area contributed by atoms with E-state index < -0.39 is 0 Å². The molecule has 8 heteroatoms. The molecule has 3 N–H and O–H groups in total. The maximum Gasteiger partial charge on any atom is 0.230 e. The molecule has 1 atom stereocenters. The summed E-state index contributed by atoms with van der Waals surface area (Å²) in [4.78, 5) is 23.7. The van der Waals surface area contributed by atoms with E-state index in [0.29, 0.717) is 17.5 Å². The van der Waals surface area contributed by atoms with Crippen LogP contribution >= 0.6 is 11.8 Å². The van der Waals surface area contributed by atoms with E-state index in [1.807, 2.05) is 10.6 Å². The summed E-state index contributed by atoms with van der Waals surface area (Å²) in [6, 6.07) is 8.41. The van der Waals surface area contributed by atoms with Crippen LogP contribution in [0.4, 0.5) is 0 Å². The SMILES string of the molecule is CC(C)Cn1c(CCC(N)=O)nnc1SCC(=O)N[C@@H]1CCCc2ccccc21. The highest BCUT2D eigenvalue weighted by molar-refractivity contribution is 7.99. The van der Waals surface area contributed by atoms with Crippen molar-refractivity contribution >= 4 is 23.6 Å². The van der Waals surface area contributed by atoms with Gasteiger partial charge in [-0.05, 0) is 36.3 Å². The van der Waals surface area contributed by atoms with Crippen LogP contribution in [0.15, 0.2) is 29.4 Å². The number of carbonyl (C=O) groups excluding carboxylic acids is 2. The summed E-state index contributed by atoms with van der Waals surface area (Å²) in [7, 11) is 0. The van der Waals surface area contributed by atoms with Crippen LogP contribution in [-0.2, 0) is 29.0 Å². The lowest BCUT2D eigenvalue weighted by Crippen LogP contribution is -2.32. The fraction of sp³-hybridized carbons (Fsp3) is 0.524. The number of nitrogens with two attached hydrogens (primary N) is 1. The van der Waals surface area contributed by atoms with E-state index >= 15 is 0 Å². The van der Waals surface area contributed by atoms with Crippen LogP contribution in [0.25, 0.3) is 0 Å². The van der Waals surface area contributed by atoms with Gasteiger partial charge in [-0.3, -0.25) is 9.59 Å². The molecule has 3 rings (SSSR count). The Morgan fingerprint density at radius 3 is 2.86 bits per heavy atom. The fourth-order valence-corrected chi connectivity index (χ4v) is 4.44. The maximum atomic E-state index is 12.6. The van der Waals surface area contributed by atoms with Gasteiger partial charge in [0.2, 0.25) is 11.8 Å². The first-order valence-electron chi connectivity index (χ1n) is 10.1. The lowest BCUT2D eigenvalue weighted by Gasteiger charge is -2.26. The van der Waals surface area contributed by atoms with E-state index in [0.717, 1.165) is 31.6 Å². The van der Waals surface area contributed by atoms with Gasteiger partial charge in [0.15, 0.2) is 5.16 Å². The molecule has 2 aromatic rings. The number of amides is 2. The maximum absolute atomic E-state index is 12.6. The number of nitrogens with one attached hydrogen (secondary N) is 1. The Morgan fingerprint density at radius 1 is 1.31 bits per heavy atom. The molecule has 1 aliphatic carbocycles. The standard InChI is InChI=1S/C21H29N5O2S/c1-14(2)12-26-19(11-10-18(22)27)24-25-21(26)29-13-20(28)23-17-9-5-7-15-6-3-4-8-16(15)17/h3-4,6,8,14,17H,5,7,9-13H2,1-2H3,(H2,22,27)(H,23,28)/t17-/m1/s1. The highest BCUT2D eigenvalue weighted by Gasteiger charge is 2.22. The molecule has 0 radical (unpaired) electrons. The van der Waals surface area contributed by atoms with Crippen molar-refractivity contribution in [3.05, 3.63) is 41.2 Å². The Hall–Kier alpha value is -2.35. The molecular weight excluding hydrogens is 386 g/mol. The number of primary amides is 1. The van der Waals surface area contributed by atoms with Crippen molar-refractivity contribution < 1.29 is 9.59 Å². The molecule has 1 aliphatic rings. The largest absolute Gasteiger partial charge is 0.370 e. The zero-order valence-corrected chi connectivity index (χ0v) is 17.9. The number of thioether (sulfide) groups is 1. The molecule has 0 fully saturated rings. The van der Waals surface area contributed by atoms with E-state index in [1.165, 1.54) is 22.9 Å². The molecule has 1 aromatic heterocycles. The summed E-state index contributed by atoms with van der Waals surface area (Å²) in [6.07, 6.45) is 3.82. The van der Waals surface area contributed by atoms with Crippen LogP contribution in [0.3, 0.4) is 0 Å². The first-order valence-corrected chi connectivity index (χ1v) is 11.1. The van der Waals surface area contributed by atoms with Crippen LogP contribution in [0, 0.1) is 5.92 Å². The van der Waals surface area contributed by atoms with Crippen molar-refractivity contribution in [2.75, 3.05) is 5.75 Å². The van der Waals surface area contributed by atoms with Crippen molar-refractivity contribution in [1.82, 2.24) is 20.1 Å². The van der Waals surface area contributed by atoms with Crippen molar-refractivity contribution in [1.29, 1.82) is 0 Å². The molecule has 29 heavy (non-hydrogen) atoms. The van der Waals surface area contributed by atoms with E-state index in [2.05, 4.69) is 47.6 Å². The van der Waals surface area contributed by atoms with E-state index in [-0.39, 0.29) is 30.0 Å². The van der Waals surface area contributed by atoms with Crippen molar-refractivity contribution in [2.45, 2.75) is 63.7 Å². The molecule has 0 spiro atoms. The number of hydrogen-bond acceptors (Lipinski definition) is 5. The number of fused-ring (bicyclic) bond motifs is 1. The summed E-state index contributed by atoms with van der Waals surface area (Å²) in [6.45, 7) is 4.96. The van der Waals surface area contributed by atoms with Gasteiger partial charge in [-0.1, -0.05) is 49.9 Å². The number of carbonyl (C=O) groups is 2. The fourth-order valence-electron chi connectivity index (χ4n) is 3.66. The topological polar surface area (TPSA) is 103 Å². The molecule has 0 aliphatic heterocycles. The Morgan fingerprint density at radius 2 is 2.10 bits per heavy atom. The normalized spacial score (nSPS) is 15.9. The van der Waals surface area contributed by atoms with Crippen LogP contribution in [0.5, 0.6) is 0 Å². The van der Waals surface area contributed by atoms with Gasteiger partial charge >= 0.3 is 0 Å². The molecule has 0 bridgehead atoms. The number of aromatic nitrogens is 3. The molecule has 2 amide bonds. The van der Waals surface area contributed by atoms with Gasteiger partial charge in [-0.25, -0.2) is 0 Å². The number of benzene rings is 1. The predicted molar refractivity (Wildman–Crippen MR) is 113 cm³/mol. The smallest absolute Gasteiger partial charge is 0.230 e. The molecule has 0 saturated carbocycles. The van der Waals surface area contributed by atoms with Gasteiger partial charge in [0.05, 0.1) is 11.8 Å². The third-order valence-corrected chi connectivity index (χ3v) is 5.94. The van der Waals surface area contributed by atoms with Gasteiger partial charge in [0, 0.05) is 19.4 Å². The van der Waals surface area contributed by atoms with Gasteiger partial charge in [-0.2, -0.15) is 0 Å². The van der Waals surface area contributed by atoms with Crippen molar-refractivity contribution in [3.8, 4) is 0 Å². The number of hydrogen-bond donors (Lipinski definition) is 2.